The average Bonchev–Trinajstić information content (AvgIpc) is 3.23. The molecule has 0 bridgehead atoms. The summed E-state index contributed by atoms with van der Waals surface area (Å²) in [6.45, 7) is 16.2. The Kier molecular flexibility index (Phi) is 5.09. The highest BCUT2D eigenvalue weighted by Gasteiger charge is 2.50. The number of allylic oxidation sites excluding steroid dienone is 2. The van der Waals surface area contributed by atoms with Crippen molar-refractivity contribution in [1.29, 1.82) is 0 Å². The second-order valence-electron chi connectivity index (χ2n) is 9.92. The van der Waals surface area contributed by atoms with Gasteiger partial charge in [0.1, 0.15) is 0 Å². The molecule has 0 radical (unpaired) electrons. The van der Waals surface area contributed by atoms with E-state index in [0.717, 1.165) is 35.5 Å². The molecule has 2 aliphatic rings. The lowest BCUT2D eigenvalue weighted by atomic mass is 9.58. The monoisotopic (exact) mass is 435 g/mol. The molecule has 1 heterocycles. The SMILES string of the molecule is [C-]#[N+]C1=C[C@@]2(C)c3c(c(-c4ccccc4)nn3-c3ccc(C(C)C)cc3)CC[C@@H]2[C@@H](C)C1=O. The molecule has 166 valence electrons. The van der Waals surface area contributed by atoms with E-state index in [2.05, 4.69) is 66.7 Å². The second kappa shape index (κ2) is 7.85. The summed E-state index contributed by atoms with van der Waals surface area (Å²) in [4.78, 5) is 16.5. The van der Waals surface area contributed by atoms with Gasteiger partial charge in [-0.15, -0.1) is 0 Å². The van der Waals surface area contributed by atoms with Gasteiger partial charge in [0.25, 0.3) is 0 Å². The maximum absolute atomic E-state index is 12.8. The first-order valence-corrected chi connectivity index (χ1v) is 11.8. The Morgan fingerprint density at radius 1 is 1.12 bits per heavy atom. The first-order valence-electron chi connectivity index (χ1n) is 11.8. The van der Waals surface area contributed by atoms with Crippen LogP contribution in [-0.2, 0) is 16.6 Å². The number of Topliss-reactive ketones (excluding diaryl/α,β-unsaturated/α-hetero) is 1. The van der Waals surface area contributed by atoms with Crippen molar-refractivity contribution in [1.82, 2.24) is 9.78 Å². The number of carbonyl (C=O) groups is 1. The van der Waals surface area contributed by atoms with E-state index in [9.17, 15) is 4.79 Å². The largest absolute Gasteiger partial charge is 0.308 e. The van der Waals surface area contributed by atoms with Gasteiger partial charge in [-0.05, 0) is 42.4 Å². The quantitative estimate of drug-likeness (QED) is 0.440. The molecule has 0 saturated carbocycles. The summed E-state index contributed by atoms with van der Waals surface area (Å²) < 4.78 is 2.08. The van der Waals surface area contributed by atoms with Crippen LogP contribution in [0.2, 0.25) is 0 Å². The number of hydrogen-bond donors (Lipinski definition) is 0. The fourth-order valence-electron chi connectivity index (χ4n) is 5.83. The van der Waals surface area contributed by atoms with Crippen molar-refractivity contribution in [3.05, 3.63) is 94.6 Å². The van der Waals surface area contributed by atoms with Crippen LogP contribution in [0.1, 0.15) is 56.9 Å². The van der Waals surface area contributed by atoms with E-state index in [-0.39, 0.29) is 23.3 Å². The van der Waals surface area contributed by atoms with Gasteiger partial charge in [0, 0.05) is 22.5 Å². The van der Waals surface area contributed by atoms with Crippen LogP contribution in [0.3, 0.4) is 0 Å². The molecule has 3 aromatic rings. The zero-order valence-electron chi connectivity index (χ0n) is 19.7. The van der Waals surface area contributed by atoms with Crippen molar-refractivity contribution in [2.45, 2.75) is 51.9 Å². The number of rotatable bonds is 3. The number of aromatic nitrogens is 2. The molecule has 0 amide bonds. The first-order chi connectivity index (χ1) is 15.8. The van der Waals surface area contributed by atoms with E-state index >= 15 is 0 Å². The molecule has 1 aromatic heterocycles. The van der Waals surface area contributed by atoms with Crippen molar-refractivity contribution < 1.29 is 4.79 Å². The summed E-state index contributed by atoms with van der Waals surface area (Å²) in [6.07, 6.45) is 3.72. The molecule has 4 heteroatoms. The van der Waals surface area contributed by atoms with Gasteiger partial charge in [0.15, 0.2) is 5.78 Å². The Balaban J connectivity index is 1.78. The zero-order valence-corrected chi connectivity index (χ0v) is 19.7. The van der Waals surface area contributed by atoms with E-state index in [1.165, 1.54) is 11.1 Å². The molecule has 0 N–H and O–H groups in total. The maximum Gasteiger partial charge on any atom is 0.226 e. The minimum atomic E-state index is -0.433. The van der Waals surface area contributed by atoms with Gasteiger partial charge < -0.3 is 4.79 Å². The fourth-order valence-corrected chi connectivity index (χ4v) is 5.83. The van der Waals surface area contributed by atoms with Gasteiger partial charge in [0.05, 0.1) is 23.6 Å². The van der Waals surface area contributed by atoms with Crippen LogP contribution in [0.25, 0.3) is 21.8 Å². The molecule has 0 saturated heterocycles. The third kappa shape index (κ3) is 3.26. The molecular weight excluding hydrogens is 406 g/mol. The van der Waals surface area contributed by atoms with Crippen LogP contribution in [0.15, 0.2) is 66.4 Å². The van der Waals surface area contributed by atoms with E-state index in [1.54, 1.807) is 0 Å². The van der Waals surface area contributed by atoms with Gasteiger partial charge in [-0.1, -0.05) is 76.2 Å². The van der Waals surface area contributed by atoms with Crippen molar-refractivity contribution in [3.8, 4) is 16.9 Å². The standard InChI is InChI=1S/C29H29N3O/c1-18(2)20-11-13-22(14-12-20)32-28-23(26(31-32)21-9-7-6-8-10-21)15-16-24-19(3)27(33)25(30-5)17-29(24,28)4/h6-14,17-19,24H,15-16H2,1-4H3/t19-,24-,29-/m1/s1. The van der Waals surface area contributed by atoms with E-state index in [1.807, 2.05) is 31.2 Å². The van der Waals surface area contributed by atoms with Crippen LogP contribution in [0, 0.1) is 18.4 Å². The Morgan fingerprint density at radius 2 is 1.82 bits per heavy atom. The molecule has 0 spiro atoms. The molecule has 2 aliphatic carbocycles. The molecule has 5 rings (SSSR count). The summed E-state index contributed by atoms with van der Waals surface area (Å²) >= 11 is 0. The van der Waals surface area contributed by atoms with Gasteiger partial charge in [-0.3, -0.25) is 0 Å². The van der Waals surface area contributed by atoms with Crippen LogP contribution >= 0.6 is 0 Å². The molecule has 33 heavy (non-hydrogen) atoms. The van der Waals surface area contributed by atoms with Crippen molar-refractivity contribution in [2.75, 3.05) is 0 Å². The zero-order chi connectivity index (χ0) is 23.3. The summed E-state index contributed by atoms with van der Waals surface area (Å²) in [5.41, 5.74) is 6.59. The number of carbonyl (C=O) groups excluding carboxylic acids is 1. The normalized spacial score (nSPS) is 24.1. The number of hydrogen-bond acceptors (Lipinski definition) is 2. The molecule has 4 nitrogen and oxygen atoms in total. The summed E-state index contributed by atoms with van der Waals surface area (Å²) in [6, 6.07) is 19.0. The molecule has 0 aliphatic heterocycles. The third-order valence-corrected chi connectivity index (χ3v) is 7.65. The van der Waals surface area contributed by atoms with Crippen molar-refractivity contribution >= 4 is 5.78 Å². The fraction of sp³-hybridized carbons (Fsp3) is 0.345. The summed E-state index contributed by atoms with van der Waals surface area (Å²) in [7, 11) is 0. The number of nitrogens with zero attached hydrogens (tertiary/aromatic N) is 3. The number of fused-ring (bicyclic) bond motifs is 3. The lowest BCUT2D eigenvalue weighted by molar-refractivity contribution is -0.121. The first kappa shape index (κ1) is 21.4. The van der Waals surface area contributed by atoms with Crippen LogP contribution in [-0.4, -0.2) is 15.6 Å². The minimum Gasteiger partial charge on any atom is -0.308 e. The molecule has 2 aromatic carbocycles. The number of benzene rings is 2. The predicted octanol–water partition coefficient (Wildman–Crippen LogP) is 6.50. The van der Waals surface area contributed by atoms with Crippen LogP contribution in [0.4, 0.5) is 0 Å². The molecular formula is C29H29N3O. The molecule has 3 atom stereocenters. The minimum absolute atomic E-state index is 0.0217. The van der Waals surface area contributed by atoms with Crippen LogP contribution < -0.4 is 0 Å². The van der Waals surface area contributed by atoms with Gasteiger partial charge in [-0.2, -0.15) is 5.10 Å². The second-order valence-corrected chi connectivity index (χ2v) is 9.92. The highest BCUT2D eigenvalue weighted by Crippen LogP contribution is 2.52. The molecule has 0 unspecified atom stereocenters. The Morgan fingerprint density at radius 3 is 2.45 bits per heavy atom. The molecule has 0 fully saturated rings. The summed E-state index contributed by atoms with van der Waals surface area (Å²) in [5, 5.41) is 5.16. The average molecular weight is 436 g/mol. The van der Waals surface area contributed by atoms with Crippen molar-refractivity contribution in [3.63, 3.8) is 0 Å². The Bertz CT molecular complexity index is 1290. The third-order valence-electron chi connectivity index (χ3n) is 7.65. The lowest BCUT2D eigenvalue weighted by Gasteiger charge is -2.45. The predicted molar refractivity (Wildman–Crippen MR) is 131 cm³/mol. The highest BCUT2D eigenvalue weighted by molar-refractivity contribution is 6.00. The van der Waals surface area contributed by atoms with E-state index in [4.69, 9.17) is 11.7 Å². The van der Waals surface area contributed by atoms with Gasteiger partial charge in [-0.25, -0.2) is 9.53 Å². The summed E-state index contributed by atoms with van der Waals surface area (Å²) in [5.74, 6) is 0.411. The van der Waals surface area contributed by atoms with Gasteiger partial charge >= 0.3 is 0 Å². The van der Waals surface area contributed by atoms with E-state index in [0.29, 0.717) is 5.92 Å². The smallest absolute Gasteiger partial charge is 0.226 e. The van der Waals surface area contributed by atoms with Gasteiger partial charge in [0.2, 0.25) is 5.70 Å². The van der Waals surface area contributed by atoms with Crippen LogP contribution in [0.5, 0.6) is 0 Å². The lowest BCUT2D eigenvalue weighted by Crippen LogP contribution is -2.46. The topological polar surface area (TPSA) is 39.2 Å². The number of ketones is 1. The highest BCUT2D eigenvalue weighted by atomic mass is 16.1. The Labute approximate surface area is 195 Å². The van der Waals surface area contributed by atoms with E-state index < -0.39 is 5.41 Å². The Hall–Kier alpha value is -3.45. The maximum atomic E-state index is 12.8. The van der Waals surface area contributed by atoms with Crippen molar-refractivity contribution in [2.24, 2.45) is 11.8 Å².